The topological polar surface area (TPSA) is 31.4 Å². The third kappa shape index (κ3) is 4.28. The molecule has 0 spiro atoms. The number of pyridine rings is 1. The van der Waals surface area contributed by atoms with Crippen LogP contribution in [0.5, 0.6) is 5.88 Å². The first-order valence-electron chi connectivity index (χ1n) is 4.93. The molecule has 0 bridgehead atoms. The Kier molecular flexibility index (Phi) is 5.02. The lowest BCUT2D eigenvalue weighted by Gasteiger charge is -2.22. The first-order valence-corrected chi connectivity index (χ1v) is 6.11. The van der Waals surface area contributed by atoms with Gasteiger partial charge in [0, 0.05) is 24.2 Å². The van der Waals surface area contributed by atoms with Crippen molar-refractivity contribution in [2.45, 2.75) is 25.9 Å². The molecule has 0 aliphatic rings. The van der Waals surface area contributed by atoms with Crippen LogP contribution in [0.4, 0.5) is 0 Å². The fourth-order valence-corrected chi connectivity index (χ4v) is 1.69. The summed E-state index contributed by atoms with van der Waals surface area (Å²) in [6, 6.07) is 1.76. The number of nitrogens with zero attached hydrogens (tertiary/aromatic N) is 1. The van der Waals surface area contributed by atoms with Crippen molar-refractivity contribution in [1.29, 1.82) is 0 Å². The van der Waals surface area contributed by atoms with Crippen LogP contribution in [0.25, 0.3) is 0 Å². The van der Waals surface area contributed by atoms with Crippen molar-refractivity contribution in [3.05, 3.63) is 21.8 Å². The van der Waals surface area contributed by atoms with Gasteiger partial charge < -0.3 is 9.47 Å². The fourth-order valence-electron chi connectivity index (χ4n) is 1.00. The van der Waals surface area contributed by atoms with Crippen LogP contribution in [0, 0.1) is 0 Å². The highest BCUT2D eigenvalue weighted by molar-refractivity contribution is 9.10. The van der Waals surface area contributed by atoms with Crippen LogP contribution >= 0.6 is 27.5 Å². The zero-order chi connectivity index (χ0) is 12.2. The Morgan fingerprint density at radius 1 is 1.50 bits per heavy atom. The summed E-state index contributed by atoms with van der Waals surface area (Å²) in [6.45, 7) is 4.54. The molecular formula is C11H15BrClNO2. The largest absolute Gasteiger partial charge is 0.476 e. The molecule has 1 aromatic heterocycles. The first-order chi connectivity index (χ1) is 7.44. The molecule has 0 unspecified atom stereocenters. The Morgan fingerprint density at radius 3 is 2.75 bits per heavy atom. The van der Waals surface area contributed by atoms with E-state index < -0.39 is 0 Å². The van der Waals surface area contributed by atoms with E-state index in [1.165, 1.54) is 0 Å². The highest BCUT2D eigenvalue weighted by Gasteiger charge is 2.16. The van der Waals surface area contributed by atoms with Crippen LogP contribution < -0.4 is 4.74 Å². The minimum atomic E-state index is -0.193. The summed E-state index contributed by atoms with van der Waals surface area (Å²) in [5.41, 5.74) is -0.193. The first kappa shape index (κ1) is 13.7. The molecule has 0 amide bonds. The third-order valence-corrected chi connectivity index (χ3v) is 2.97. The van der Waals surface area contributed by atoms with Gasteiger partial charge in [0.1, 0.15) is 5.02 Å². The fraction of sp³-hybridized carbons (Fsp3) is 0.545. The molecule has 1 heterocycles. The van der Waals surface area contributed by atoms with Gasteiger partial charge in [-0.25, -0.2) is 4.98 Å². The highest BCUT2D eigenvalue weighted by atomic mass is 79.9. The van der Waals surface area contributed by atoms with Gasteiger partial charge in [-0.3, -0.25) is 0 Å². The lowest BCUT2D eigenvalue weighted by molar-refractivity contribution is 0.00509. The van der Waals surface area contributed by atoms with Gasteiger partial charge in [0.05, 0.1) is 12.2 Å². The molecule has 0 saturated heterocycles. The van der Waals surface area contributed by atoms with E-state index in [-0.39, 0.29) is 5.60 Å². The smallest absolute Gasteiger partial charge is 0.232 e. The lowest BCUT2D eigenvalue weighted by Crippen LogP contribution is -2.25. The number of methoxy groups -OCH3 is 1. The van der Waals surface area contributed by atoms with E-state index in [4.69, 9.17) is 21.1 Å². The molecule has 3 nitrogen and oxygen atoms in total. The molecular weight excluding hydrogens is 293 g/mol. The summed E-state index contributed by atoms with van der Waals surface area (Å²) in [7, 11) is 1.69. The zero-order valence-corrected chi connectivity index (χ0v) is 11.9. The van der Waals surface area contributed by atoms with Gasteiger partial charge in [0.2, 0.25) is 5.88 Å². The molecule has 0 aliphatic carbocycles. The Morgan fingerprint density at radius 2 is 2.19 bits per heavy atom. The Balaban J connectivity index is 2.49. The lowest BCUT2D eigenvalue weighted by atomic mass is 10.1. The van der Waals surface area contributed by atoms with E-state index in [9.17, 15) is 0 Å². The predicted molar refractivity (Wildman–Crippen MR) is 68.1 cm³/mol. The van der Waals surface area contributed by atoms with Gasteiger partial charge in [0.15, 0.2) is 0 Å². The molecule has 5 heteroatoms. The van der Waals surface area contributed by atoms with Gasteiger partial charge in [0.25, 0.3) is 0 Å². The van der Waals surface area contributed by atoms with Crippen molar-refractivity contribution in [3.8, 4) is 5.88 Å². The van der Waals surface area contributed by atoms with E-state index in [2.05, 4.69) is 20.9 Å². The van der Waals surface area contributed by atoms with Crippen molar-refractivity contribution in [2.24, 2.45) is 0 Å². The SMILES string of the molecule is COC(C)(C)CCOc1ncc(Br)cc1Cl. The monoisotopic (exact) mass is 307 g/mol. The quantitative estimate of drug-likeness (QED) is 0.831. The minimum absolute atomic E-state index is 0.193. The van der Waals surface area contributed by atoms with Gasteiger partial charge in [-0.15, -0.1) is 0 Å². The van der Waals surface area contributed by atoms with Crippen molar-refractivity contribution >= 4 is 27.5 Å². The maximum atomic E-state index is 5.96. The molecule has 0 saturated carbocycles. The molecule has 0 N–H and O–H groups in total. The second-order valence-corrected chi connectivity index (χ2v) is 5.33. The van der Waals surface area contributed by atoms with E-state index in [1.807, 2.05) is 13.8 Å². The van der Waals surface area contributed by atoms with Crippen molar-refractivity contribution < 1.29 is 9.47 Å². The Labute approximate surface area is 109 Å². The van der Waals surface area contributed by atoms with E-state index in [1.54, 1.807) is 19.4 Å². The second-order valence-electron chi connectivity index (χ2n) is 4.00. The number of aromatic nitrogens is 1. The number of halogens is 2. The molecule has 90 valence electrons. The molecule has 0 fully saturated rings. The molecule has 1 rings (SSSR count). The molecule has 0 radical (unpaired) electrons. The standard InChI is InChI=1S/C11H15BrClNO2/c1-11(2,15-3)4-5-16-10-9(13)6-8(12)7-14-10/h6-7H,4-5H2,1-3H3. The molecule has 0 aromatic carbocycles. The summed E-state index contributed by atoms with van der Waals surface area (Å²) in [5.74, 6) is 0.455. The summed E-state index contributed by atoms with van der Waals surface area (Å²) < 4.78 is 11.6. The summed E-state index contributed by atoms with van der Waals surface area (Å²) in [5, 5.41) is 0.504. The van der Waals surface area contributed by atoms with E-state index in [0.29, 0.717) is 17.5 Å². The normalized spacial score (nSPS) is 11.6. The number of hydrogen-bond donors (Lipinski definition) is 0. The molecule has 16 heavy (non-hydrogen) atoms. The van der Waals surface area contributed by atoms with Crippen LogP contribution in [0.15, 0.2) is 16.7 Å². The van der Waals surface area contributed by atoms with Crippen molar-refractivity contribution in [2.75, 3.05) is 13.7 Å². The predicted octanol–water partition coefficient (Wildman–Crippen LogP) is 3.69. The van der Waals surface area contributed by atoms with E-state index in [0.717, 1.165) is 10.9 Å². The minimum Gasteiger partial charge on any atom is -0.476 e. The Bertz CT molecular complexity index is 358. The third-order valence-electron chi connectivity index (χ3n) is 2.27. The second kappa shape index (κ2) is 5.84. The number of ether oxygens (including phenoxy) is 2. The average molecular weight is 309 g/mol. The summed E-state index contributed by atoms with van der Waals surface area (Å²) in [6.07, 6.45) is 2.43. The van der Waals surface area contributed by atoms with Gasteiger partial charge in [-0.1, -0.05) is 11.6 Å². The zero-order valence-electron chi connectivity index (χ0n) is 9.59. The molecule has 1 aromatic rings. The number of hydrogen-bond acceptors (Lipinski definition) is 3. The van der Waals surface area contributed by atoms with Gasteiger partial charge in [-0.05, 0) is 35.8 Å². The van der Waals surface area contributed by atoms with E-state index >= 15 is 0 Å². The molecule has 0 aliphatic heterocycles. The van der Waals surface area contributed by atoms with Crippen molar-refractivity contribution in [1.82, 2.24) is 4.98 Å². The van der Waals surface area contributed by atoms with Crippen LogP contribution in [0.3, 0.4) is 0 Å². The van der Waals surface area contributed by atoms with Crippen LogP contribution in [-0.4, -0.2) is 24.3 Å². The van der Waals surface area contributed by atoms with Gasteiger partial charge in [-0.2, -0.15) is 0 Å². The van der Waals surface area contributed by atoms with Crippen LogP contribution in [0.1, 0.15) is 20.3 Å². The average Bonchev–Trinajstić information content (AvgIpc) is 2.21. The van der Waals surface area contributed by atoms with Gasteiger partial charge >= 0.3 is 0 Å². The number of rotatable bonds is 5. The maximum Gasteiger partial charge on any atom is 0.232 e. The summed E-state index contributed by atoms with van der Waals surface area (Å²) >= 11 is 9.25. The maximum absolute atomic E-state index is 5.96. The molecule has 0 atom stereocenters. The Hall–Kier alpha value is -0.320. The van der Waals surface area contributed by atoms with Crippen LogP contribution in [0.2, 0.25) is 5.02 Å². The summed E-state index contributed by atoms with van der Waals surface area (Å²) in [4.78, 5) is 4.08. The van der Waals surface area contributed by atoms with Crippen molar-refractivity contribution in [3.63, 3.8) is 0 Å². The highest BCUT2D eigenvalue weighted by Crippen LogP contribution is 2.25. The van der Waals surface area contributed by atoms with Crippen LogP contribution in [-0.2, 0) is 4.74 Å².